The molecule has 2 aromatic carbocycles. The Morgan fingerprint density at radius 3 is 2.62 bits per heavy atom. The van der Waals surface area contributed by atoms with Crippen LogP contribution in [0.4, 0.5) is 10.5 Å². The average Bonchev–Trinajstić information content (AvgIpc) is 2.54. The number of hydrogen-bond donors (Lipinski definition) is 1. The van der Waals surface area contributed by atoms with E-state index < -0.39 is 11.6 Å². The zero-order valence-electron chi connectivity index (χ0n) is 13.7. The van der Waals surface area contributed by atoms with Crippen molar-refractivity contribution in [1.82, 2.24) is 0 Å². The van der Waals surface area contributed by atoms with Gasteiger partial charge in [0.15, 0.2) is 0 Å². The third-order valence-corrected chi connectivity index (χ3v) is 4.15. The Morgan fingerprint density at radius 1 is 1.29 bits per heavy atom. The molecule has 2 N–H and O–H groups in total. The van der Waals surface area contributed by atoms with E-state index in [0.717, 1.165) is 11.3 Å². The van der Waals surface area contributed by atoms with Gasteiger partial charge >= 0.3 is 6.03 Å². The van der Waals surface area contributed by atoms with Gasteiger partial charge in [-0.1, -0.05) is 18.2 Å². The number of carbonyl (C=O) groups is 1. The number of hydrogen-bond acceptors (Lipinski definition) is 3. The van der Waals surface area contributed by atoms with E-state index in [9.17, 15) is 10.1 Å². The molecule has 0 aliphatic carbocycles. The molecule has 1 aliphatic rings. The third kappa shape index (κ3) is 2.91. The van der Waals surface area contributed by atoms with E-state index in [1.165, 1.54) is 0 Å². The van der Waals surface area contributed by atoms with Crippen LogP contribution in [0.3, 0.4) is 0 Å². The summed E-state index contributed by atoms with van der Waals surface area (Å²) < 4.78 is 6.03. The van der Waals surface area contributed by atoms with Crippen molar-refractivity contribution in [3.05, 3.63) is 59.7 Å². The number of para-hydroxylation sites is 1. The quantitative estimate of drug-likeness (QED) is 0.915. The number of carbonyl (C=O) groups excluding carboxylic acids is 1. The Bertz CT molecular complexity index is 809. The molecule has 3 rings (SSSR count). The van der Waals surface area contributed by atoms with Gasteiger partial charge in [0.2, 0.25) is 0 Å². The molecule has 1 unspecified atom stereocenters. The van der Waals surface area contributed by atoms with Gasteiger partial charge in [-0.15, -0.1) is 0 Å². The van der Waals surface area contributed by atoms with Gasteiger partial charge in [0.25, 0.3) is 0 Å². The first-order valence-electron chi connectivity index (χ1n) is 7.78. The number of urea groups is 1. The van der Waals surface area contributed by atoms with Gasteiger partial charge in [-0.2, -0.15) is 5.26 Å². The van der Waals surface area contributed by atoms with Gasteiger partial charge in [-0.05, 0) is 44.2 Å². The normalized spacial score (nSPS) is 18.0. The highest BCUT2D eigenvalue weighted by Crippen LogP contribution is 2.44. The minimum atomic E-state index is -0.530. The Morgan fingerprint density at radius 2 is 2.00 bits per heavy atom. The largest absolute Gasteiger partial charge is 0.487 e. The van der Waals surface area contributed by atoms with Crippen LogP contribution in [-0.2, 0) is 0 Å². The molecule has 2 amide bonds. The lowest BCUT2D eigenvalue weighted by molar-refractivity contribution is 0.0723. The average molecular weight is 321 g/mol. The molecule has 5 heteroatoms. The van der Waals surface area contributed by atoms with Crippen LogP contribution >= 0.6 is 0 Å². The van der Waals surface area contributed by atoms with Crippen molar-refractivity contribution in [3.63, 3.8) is 0 Å². The maximum absolute atomic E-state index is 12.2. The Balaban J connectivity index is 2.15. The number of nitrogens with two attached hydrogens (primary N) is 1. The summed E-state index contributed by atoms with van der Waals surface area (Å²) >= 11 is 0. The summed E-state index contributed by atoms with van der Waals surface area (Å²) in [4.78, 5) is 13.8. The minimum Gasteiger partial charge on any atom is -0.487 e. The molecule has 0 spiro atoms. The Kier molecular flexibility index (Phi) is 3.90. The lowest BCUT2D eigenvalue weighted by atomic mass is 9.87. The molecule has 2 aromatic rings. The van der Waals surface area contributed by atoms with E-state index in [2.05, 4.69) is 6.07 Å². The van der Waals surface area contributed by atoms with E-state index in [4.69, 9.17) is 10.5 Å². The molecule has 1 aliphatic heterocycles. The number of fused-ring (bicyclic) bond motifs is 1. The van der Waals surface area contributed by atoms with Gasteiger partial charge < -0.3 is 10.5 Å². The molecule has 122 valence electrons. The highest BCUT2D eigenvalue weighted by molar-refractivity contribution is 5.91. The van der Waals surface area contributed by atoms with E-state index in [1.54, 1.807) is 23.1 Å². The molecule has 0 aromatic heterocycles. The molecule has 5 nitrogen and oxygen atoms in total. The molecule has 24 heavy (non-hydrogen) atoms. The van der Waals surface area contributed by atoms with E-state index in [-0.39, 0.29) is 6.04 Å². The van der Waals surface area contributed by atoms with Gasteiger partial charge in [0.1, 0.15) is 11.4 Å². The minimum absolute atomic E-state index is 0.294. The van der Waals surface area contributed by atoms with Crippen molar-refractivity contribution in [2.24, 2.45) is 5.73 Å². The summed E-state index contributed by atoms with van der Waals surface area (Å²) in [6.07, 6.45) is 0.576. The van der Waals surface area contributed by atoms with Crippen LogP contribution in [0.1, 0.15) is 37.4 Å². The zero-order chi connectivity index (χ0) is 17.3. The van der Waals surface area contributed by atoms with Gasteiger partial charge in [0.05, 0.1) is 17.7 Å². The fourth-order valence-electron chi connectivity index (χ4n) is 3.17. The van der Waals surface area contributed by atoms with Crippen LogP contribution in [0.2, 0.25) is 0 Å². The van der Waals surface area contributed by atoms with Crippen molar-refractivity contribution < 1.29 is 9.53 Å². The van der Waals surface area contributed by atoms with Crippen LogP contribution in [0.5, 0.6) is 5.75 Å². The highest BCUT2D eigenvalue weighted by Gasteiger charge is 2.38. The second-order valence-electron chi connectivity index (χ2n) is 6.49. The van der Waals surface area contributed by atoms with E-state index >= 15 is 0 Å². The molecular formula is C19H19N3O2. The first kappa shape index (κ1) is 15.9. The van der Waals surface area contributed by atoms with Crippen LogP contribution in [0.25, 0.3) is 0 Å². The van der Waals surface area contributed by atoms with Crippen molar-refractivity contribution >= 4 is 11.7 Å². The molecule has 0 bridgehead atoms. The van der Waals surface area contributed by atoms with E-state index in [0.29, 0.717) is 17.7 Å². The monoisotopic (exact) mass is 321 g/mol. The molecule has 1 heterocycles. The Labute approximate surface area is 141 Å². The first-order chi connectivity index (χ1) is 11.4. The zero-order valence-corrected chi connectivity index (χ0v) is 13.7. The van der Waals surface area contributed by atoms with Crippen molar-refractivity contribution in [2.45, 2.75) is 31.9 Å². The fourth-order valence-corrected chi connectivity index (χ4v) is 3.17. The molecular weight excluding hydrogens is 302 g/mol. The fraction of sp³-hybridized carbons (Fsp3) is 0.263. The third-order valence-electron chi connectivity index (χ3n) is 4.15. The van der Waals surface area contributed by atoms with Crippen molar-refractivity contribution in [2.75, 3.05) is 4.90 Å². The summed E-state index contributed by atoms with van der Waals surface area (Å²) in [5, 5.41) is 9.20. The number of ether oxygens (including phenoxy) is 1. The summed E-state index contributed by atoms with van der Waals surface area (Å²) in [5.41, 5.74) is 7.30. The highest BCUT2D eigenvalue weighted by atomic mass is 16.5. The lowest BCUT2D eigenvalue weighted by Crippen LogP contribution is -2.46. The van der Waals surface area contributed by atoms with Crippen LogP contribution in [-0.4, -0.2) is 11.6 Å². The standard InChI is InChI=1S/C19H19N3O2/c1-19(2)11-16(15-10-13(12-20)8-9-17(15)24-19)22(18(21)23)14-6-4-3-5-7-14/h3-10,16H,11H2,1-2H3,(H2,21,23). The molecule has 0 saturated carbocycles. The lowest BCUT2D eigenvalue weighted by Gasteiger charge is -2.42. The Hall–Kier alpha value is -3.00. The number of primary amides is 1. The topological polar surface area (TPSA) is 79.4 Å². The number of nitrogens with zero attached hydrogens (tertiary/aromatic N) is 2. The van der Waals surface area contributed by atoms with E-state index in [1.807, 2.05) is 44.2 Å². The number of nitriles is 1. The second kappa shape index (κ2) is 5.89. The SMILES string of the molecule is CC1(C)CC(N(C(N)=O)c2ccccc2)c2cc(C#N)ccc2O1. The van der Waals surface area contributed by atoms with Crippen molar-refractivity contribution in [3.8, 4) is 11.8 Å². The summed E-state index contributed by atoms with van der Waals surface area (Å²) in [7, 11) is 0. The predicted molar refractivity (Wildman–Crippen MR) is 91.7 cm³/mol. The van der Waals surface area contributed by atoms with Gasteiger partial charge in [-0.3, -0.25) is 4.90 Å². The van der Waals surface area contributed by atoms with Crippen LogP contribution < -0.4 is 15.4 Å². The second-order valence-corrected chi connectivity index (χ2v) is 6.49. The van der Waals surface area contributed by atoms with Crippen LogP contribution in [0.15, 0.2) is 48.5 Å². The number of amides is 2. The molecule has 1 atom stereocenters. The van der Waals surface area contributed by atoms with Gasteiger partial charge in [0, 0.05) is 17.7 Å². The molecule has 0 radical (unpaired) electrons. The van der Waals surface area contributed by atoms with Gasteiger partial charge in [-0.25, -0.2) is 4.79 Å². The maximum Gasteiger partial charge on any atom is 0.319 e. The van der Waals surface area contributed by atoms with Crippen molar-refractivity contribution in [1.29, 1.82) is 5.26 Å². The first-order valence-corrected chi connectivity index (χ1v) is 7.78. The number of anilines is 1. The summed E-state index contributed by atoms with van der Waals surface area (Å²) in [5.74, 6) is 0.678. The predicted octanol–water partition coefficient (Wildman–Crippen LogP) is 3.75. The summed E-state index contributed by atoms with van der Waals surface area (Å²) in [6, 6.07) is 15.9. The smallest absolute Gasteiger partial charge is 0.319 e. The van der Waals surface area contributed by atoms with Crippen LogP contribution in [0, 0.1) is 11.3 Å². The molecule has 0 fully saturated rings. The summed E-state index contributed by atoms with van der Waals surface area (Å²) in [6.45, 7) is 3.95. The maximum atomic E-state index is 12.2. The molecule has 0 saturated heterocycles. The number of rotatable bonds is 2. The number of benzene rings is 2.